The second kappa shape index (κ2) is 2.91. The normalized spacial score (nSPS) is 11.0. The largest absolute Gasteiger partial charge is 0.319 e. The molecule has 0 saturated carbocycles. The number of rotatable bonds is 1. The van der Waals surface area contributed by atoms with Gasteiger partial charge in [0.25, 0.3) is 0 Å². The Balaban J connectivity index is 2.22. The predicted molar refractivity (Wildman–Crippen MR) is 51.6 cm³/mol. The van der Waals surface area contributed by atoms with E-state index in [0.717, 1.165) is 0 Å². The topological polar surface area (TPSA) is 46.0 Å². The van der Waals surface area contributed by atoms with Crippen LogP contribution in [0.2, 0.25) is 0 Å². The van der Waals surface area contributed by atoms with Crippen LogP contribution in [0.3, 0.4) is 0 Å². The second-order valence-electron chi connectivity index (χ2n) is 3.12. The van der Waals surface area contributed by atoms with E-state index in [4.69, 9.17) is 0 Å². The Labute approximate surface area is 84.4 Å². The Kier molecular flexibility index (Phi) is 1.58. The van der Waals surface area contributed by atoms with Crippen LogP contribution >= 0.6 is 0 Å². The summed E-state index contributed by atoms with van der Waals surface area (Å²) in [5.41, 5.74) is 1.71. The number of nitrogens with one attached hydrogen (secondary N) is 1. The minimum absolute atomic E-state index is 0.290. The molecule has 1 aromatic carbocycles. The van der Waals surface area contributed by atoms with Gasteiger partial charge in [-0.2, -0.15) is 0 Å². The van der Waals surface area contributed by atoms with Gasteiger partial charge in [-0.25, -0.2) is 4.39 Å². The van der Waals surface area contributed by atoms with Crippen molar-refractivity contribution in [2.75, 3.05) is 0 Å². The van der Waals surface area contributed by atoms with Crippen molar-refractivity contribution in [2.45, 2.75) is 0 Å². The summed E-state index contributed by atoms with van der Waals surface area (Å²) in [7, 11) is 0. The van der Waals surface area contributed by atoms with Crippen LogP contribution in [0, 0.1) is 12.1 Å². The molecule has 73 valence electrons. The van der Waals surface area contributed by atoms with Crippen molar-refractivity contribution in [1.82, 2.24) is 19.8 Å². The zero-order valence-electron chi connectivity index (χ0n) is 7.61. The summed E-state index contributed by atoms with van der Waals surface area (Å²) in [5, 5.41) is 7.90. The maximum atomic E-state index is 13.4. The molecule has 0 amide bonds. The van der Waals surface area contributed by atoms with Crippen molar-refractivity contribution >= 4 is 5.65 Å². The van der Waals surface area contributed by atoms with E-state index < -0.39 is 0 Å². The molecule has 0 bridgehead atoms. The van der Waals surface area contributed by atoms with E-state index in [9.17, 15) is 4.39 Å². The number of benzene rings is 1. The molecular weight excluding hydrogens is 195 g/mol. The zero-order valence-corrected chi connectivity index (χ0v) is 7.61. The third-order valence-corrected chi connectivity index (χ3v) is 2.17. The molecule has 0 fully saturated rings. The summed E-state index contributed by atoms with van der Waals surface area (Å²) in [6.45, 7) is 0. The minimum Gasteiger partial charge on any atom is -0.319 e. The Morgan fingerprint density at radius 3 is 3.00 bits per heavy atom. The molecule has 3 rings (SSSR count). The molecule has 0 aliphatic carbocycles. The lowest BCUT2D eigenvalue weighted by Gasteiger charge is -1.96. The summed E-state index contributed by atoms with van der Waals surface area (Å²) in [5.74, 6) is -0.290. The molecule has 0 unspecified atom stereocenters. The Hall–Kier alpha value is -2.17. The summed E-state index contributed by atoms with van der Waals surface area (Å²) in [4.78, 5) is 2.77. The Morgan fingerprint density at radius 2 is 2.20 bits per heavy atom. The number of halogens is 1. The highest BCUT2D eigenvalue weighted by Gasteiger charge is 2.09. The SMILES string of the molecule is Fc1ccccc1-c1cc2[nH][c]nn2n1. The number of aromatic nitrogens is 4. The predicted octanol–water partition coefficient (Wildman–Crippen LogP) is 1.66. The molecule has 0 aliphatic rings. The molecule has 0 spiro atoms. The van der Waals surface area contributed by atoms with Crippen LogP contribution in [0.5, 0.6) is 0 Å². The van der Waals surface area contributed by atoms with Gasteiger partial charge in [0.15, 0.2) is 12.0 Å². The molecule has 15 heavy (non-hydrogen) atoms. The van der Waals surface area contributed by atoms with E-state index in [2.05, 4.69) is 21.5 Å². The monoisotopic (exact) mass is 201 g/mol. The van der Waals surface area contributed by atoms with Gasteiger partial charge >= 0.3 is 0 Å². The maximum absolute atomic E-state index is 13.4. The second-order valence-corrected chi connectivity index (χ2v) is 3.12. The lowest BCUT2D eigenvalue weighted by Crippen LogP contribution is -1.88. The van der Waals surface area contributed by atoms with Crippen LogP contribution in [-0.4, -0.2) is 19.8 Å². The fourth-order valence-electron chi connectivity index (χ4n) is 1.46. The van der Waals surface area contributed by atoms with Crippen molar-refractivity contribution in [3.8, 4) is 11.3 Å². The number of aromatic amines is 1. The molecule has 0 aliphatic heterocycles. The van der Waals surface area contributed by atoms with Gasteiger partial charge in [-0.05, 0) is 12.1 Å². The molecule has 3 aromatic rings. The van der Waals surface area contributed by atoms with Crippen LogP contribution < -0.4 is 0 Å². The van der Waals surface area contributed by atoms with Crippen molar-refractivity contribution in [3.05, 3.63) is 42.5 Å². The molecular formula is C10H6FN4. The molecule has 0 atom stereocenters. The average molecular weight is 201 g/mol. The lowest BCUT2D eigenvalue weighted by atomic mass is 10.1. The fourth-order valence-corrected chi connectivity index (χ4v) is 1.46. The third kappa shape index (κ3) is 1.20. The molecule has 0 saturated heterocycles. The van der Waals surface area contributed by atoms with Gasteiger partial charge in [-0.15, -0.1) is 14.8 Å². The van der Waals surface area contributed by atoms with E-state index in [0.29, 0.717) is 16.9 Å². The molecule has 1 N–H and O–H groups in total. The number of nitrogens with zero attached hydrogens (tertiary/aromatic N) is 3. The van der Waals surface area contributed by atoms with E-state index in [1.165, 1.54) is 10.7 Å². The molecule has 4 nitrogen and oxygen atoms in total. The molecule has 2 heterocycles. The summed E-state index contributed by atoms with van der Waals surface area (Å²) >= 11 is 0. The smallest absolute Gasteiger partial charge is 0.199 e. The van der Waals surface area contributed by atoms with Crippen LogP contribution in [0.1, 0.15) is 0 Å². The first-order valence-electron chi connectivity index (χ1n) is 4.41. The number of hydrogen-bond acceptors (Lipinski definition) is 2. The lowest BCUT2D eigenvalue weighted by molar-refractivity contribution is 0.630. The fraction of sp³-hybridized carbons (Fsp3) is 0. The number of H-pyrrole nitrogens is 1. The van der Waals surface area contributed by atoms with E-state index in [1.807, 2.05) is 0 Å². The molecule has 2 aromatic heterocycles. The summed E-state index contributed by atoms with van der Waals surface area (Å²) in [6.07, 6.45) is 2.54. The van der Waals surface area contributed by atoms with Gasteiger partial charge in [0.1, 0.15) is 5.82 Å². The van der Waals surface area contributed by atoms with Gasteiger partial charge < -0.3 is 4.98 Å². The first-order chi connectivity index (χ1) is 7.34. The molecule has 5 heteroatoms. The first-order valence-corrected chi connectivity index (χ1v) is 4.41. The van der Waals surface area contributed by atoms with Gasteiger partial charge in [-0.3, -0.25) is 0 Å². The standard InChI is InChI=1S/C10H6FN4/c11-8-4-2-1-3-7(8)9-5-10-12-6-13-15(10)14-9/h1-5H,(H,12,13). The van der Waals surface area contributed by atoms with Crippen LogP contribution in [0.25, 0.3) is 16.9 Å². The minimum atomic E-state index is -0.290. The van der Waals surface area contributed by atoms with Gasteiger partial charge in [-0.1, -0.05) is 12.1 Å². The van der Waals surface area contributed by atoms with E-state index in [1.54, 1.807) is 24.3 Å². The Bertz CT molecular complexity index is 582. The molecule has 1 radical (unpaired) electrons. The van der Waals surface area contributed by atoms with Crippen LogP contribution in [-0.2, 0) is 0 Å². The highest BCUT2D eigenvalue weighted by atomic mass is 19.1. The summed E-state index contributed by atoms with van der Waals surface area (Å²) in [6, 6.07) is 8.23. The average Bonchev–Trinajstić information content (AvgIpc) is 2.77. The van der Waals surface area contributed by atoms with Crippen molar-refractivity contribution in [3.63, 3.8) is 0 Å². The maximum Gasteiger partial charge on any atom is 0.199 e. The van der Waals surface area contributed by atoms with Gasteiger partial charge in [0.05, 0.1) is 5.69 Å². The number of fused-ring (bicyclic) bond motifs is 1. The third-order valence-electron chi connectivity index (χ3n) is 2.17. The van der Waals surface area contributed by atoms with Crippen molar-refractivity contribution in [1.29, 1.82) is 0 Å². The first kappa shape index (κ1) is 8.16. The van der Waals surface area contributed by atoms with Crippen LogP contribution in [0.4, 0.5) is 4.39 Å². The van der Waals surface area contributed by atoms with Gasteiger partial charge in [0.2, 0.25) is 0 Å². The quantitative estimate of drug-likeness (QED) is 0.650. The van der Waals surface area contributed by atoms with Crippen molar-refractivity contribution in [2.24, 2.45) is 0 Å². The highest BCUT2D eigenvalue weighted by Crippen LogP contribution is 2.21. The van der Waals surface area contributed by atoms with Gasteiger partial charge in [0, 0.05) is 11.6 Å². The van der Waals surface area contributed by atoms with Crippen LogP contribution in [0.15, 0.2) is 30.3 Å². The van der Waals surface area contributed by atoms with E-state index in [-0.39, 0.29) is 5.82 Å². The van der Waals surface area contributed by atoms with Crippen molar-refractivity contribution < 1.29 is 4.39 Å². The summed E-state index contributed by atoms with van der Waals surface area (Å²) < 4.78 is 14.8. The van der Waals surface area contributed by atoms with E-state index >= 15 is 0 Å². The number of hydrogen-bond donors (Lipinski definition) is 1. The highest BCUT2D eigenvalue weighted by molar-refractivity contribution is 5.64. The zero-order chi connectivity index (χ0) is 10.3. The Morgan fingerprint density at radius 1 is 1.33 bits per heavy atom.